The van der Waals surface area contributed by atoms with E-state index in [1.165, 1.54) is 43.7 Å². The molecule has 0 atom stereocenters. The average Bonchev–Trinajstić information content (AvgIpc) is 2.67. The number of nitrogens with one attached hydrogen (secondary N) is 1. The summed E-state index contributed by atoms with van der Waals surface area (Å²) in [6.45, 7) is 1.24. The summed E-state index contributed by atoms with van der Waals surface area (Å²) in [5.41, 5.74) is 3.28. The summed E-state index contributed by atoms with van der Waals surface area (Å²) in [6.07, 6.45) is 2.16. The fraction of sp³-hybridized carbons (Fsp3) is 0.222. The fourth-order valence-corrected chi connectivity index (χ4v) is 3.43. The Morgan fingerprint density at radius 3 is 2.60 bits per heavy atom. The number of anilines is 1. The lowest BCUT2D eigenvalue weighted by Crippen LogP contribution is -2.39. The Kier molecular flexibility index (Phi) is 7.35. The average molecular weight is 455 g/mol. The quantitative estimate of drug-likeness (QED) is 0.370. The first-order valence-corrected chi connectivity index (χ1v) is 10.6. The molecule has 10 nitrogen and oxygen atoms in total. The number of benzene rings is 2. The second-order valence-electron chi connectivity index (χ2n) is 6.18. The molecular weight excluding hydrogens is 436 g/mol. The van der Waals surface area contributed by atoms with Crippen LogP contribution in [0.15, 0.2) is 41.5 Å². The van der Waals surface area contributed by atoms with Gasteiger partial charge in [-0.25, -0.2) is 13.8 Å². The van der Waals surface area contributed by atoms with Crippen molar-refractivity contribution < 1.29 is 22.9 Å². The normalized spacial score (nSPS) is 11.3. The van der Waals surface area contributed by atoms with Crippen molar-refractivity contribution in [2.75, 3.05) is 24.2 Å². The van der Waals surface area contributed by atoms with Gasteiger partial charge in [0.15, 0.2) is 5.75 Å². The molecule has 2 aromatic carbocycles. The van der Waals surface area contributed by atoms with Crippen molar-refractivity contribution in [2.45, 2.75) is 6.92 Å². The predicted octanol–water partition coefficient (Wildman–Crippen LogP) is 2.48. The van der Waals surface area contributed by atoms with Crippen molar-refractivity contribution in [2.24, 2.45) is 5.10 Å². The number of rotatable bonds is 8. The van der Waals surface area contributed by atoms with Gasteiger partial charge in [0.2, 0.25) is 10.0 Å². The van der Waals surface area contributed by atoms with Crippen molar-refractivity contribution in [1.29, 1.82) is 0 Å². The number of amides is 1. The van der Waals surface area contributed by atoms with Gasteiger partial charge in [-0.2, -0.15) is 5.10 Å². The molecular formula is C18H19ClN4O6S. The molecule has 2 rings (SSSR count). The number of hydrogen-bond acceptors (Lipinski definition) is 7. The maximum atomic E-state index is 12.2. The van der Waals surface area contributed by atoms with Gasteiger partial charge in [-0.3, -0.25) is 19.2 Å². The van der Waals surface area contributed by atoms with Gasteiger partial charge in [-0.15, -0.1) is 0 Å². The summed E-state index contributed by atoms with van der Waals surface area (Å²) in [4.78, 5) is 22.6. The summed E-state index contributed by atoms with van der Waals surface area (Å²) in [5, 5.41) is 15.1. The minimum absolute atomic E-state index is 0.0849. The molecule has 0 unspecified atom stereocenters. The number of nitro groups is 1. The van der Waals surface area contributed by atoms with E-state index >= 15 is 0 Å². The van der Waals surface area contributed by atoms with Crippen LogP contribution in [0.2, 0.25) is 5.02 Å². The van der Waals surface area contributed by atoms with Gasteiger partial charge < -0.3 is 4.74 Å². The molecule has 0 saturated heterocycles. The maximum absolute atomic E-state index is 12.2. The molecule has 0 bridgehead atoms. The summed E-state index contributed by atoms with van der Waals surface area (Å²) in [6, 6.07) is 8.76. The first-order chi connectivity index (χ1) is 14.0. The number of methoxy groups -OCH3 is 1. The topological polar surface area (TPSA) is 131 Å². The Hall–Kier alpha value is -3.18. The molecule has 0 spiro atoms. The minimum Gasteiger partial charge on any atom is -0.490 e. The van der Waals surface area contributed by atoms with E-state index in [1.807, 2.05) is 0 Å². The maximum Gasteiger partial charge on any atom is 0.311 e. The number of hydrogen-bond donors (Lipinski definition) is 1. The van der Waals surface area contributed by atoms with Crippen molar-refractivity contribution in [1.82, 2.24) is 5.43 Å². The molecule has 12 heteroatoms. The van der Waals surface area contributed by atoms with Crippen LogP contribution in [-0.2, 0) is 14.8 Å². The van der Waals surface area contributed by atoms with E-state index in [9.17, 15) is 23.3 Å². The molecule has 160 valence electrons. The number of carbonyl (C=O) groups is 1. The summed E-state index contributed by atoms with van der Waals surface area (Å²) in [5.74, 6) is -0.627. The van der Waals surface area contributed by atoms with Crippen LogP contribution in [0.25, 0.3) is 0 Å². The zero-order chi connectivity index (χ0) is 22.5. The Morgan fingerprint density at radius 2 is 2.03 bits per heavy atom. The predicted molar refractivity (Wildman–Crippen MR) is 114 cm³/mol. The van der Waals surface area contributed by atoms with Crippen LogP contribution in [0.4, 0.5) is 11.4 Å². The fourth-order valence-electron chi connectivity index (χ4n) is 2.41. The Balaban J connectivity index is 2.14. The molecule has 0 heterocycles. The number of aryl methyl sites for hydroxylation is 1. The third-order valence-electron chi connectivity index (χ3n) is 3.93. The Labute approximate surface area is 178 Å². The highest BCUT2D eigenvalue weighted by Crippen LogP contribution is 2.27. The van der Waals surface area contributed by atoms with E-state index in [4.69, 9.17) is 16.3 Å². The summed E-state index contributed by atoms with van der Waals surface area (Å²) >= 11 is 6.05. The highest BCUT2D eigenvalue weighted by molar-refractivity contribution is 7.92. The van der Waals surface area contributed by atoms with Crippen molar-refractivity contribution in [3.8, 4) is 5.75 Å². The number of carbonyl (C=O) groups excluding carboxylic acids is 1. The van der Waals surface area contributed by atoms with Crippen molar-refractivity contribution >= 4 is 45.1 Å². The molecule has 1 amide bonds. The standard InChI is InChI=1S/C18H19ClN4O6S/c1-12-4-6-14(9-15(12)19)22(30(3,27)28)11-18(24)21-20-10-13-5-7-17(29-2)16(8-13)23(25)26/h4-10H,11H2,1-3H3,(H,21,24)/b20-10-. The number of nitro benzene ring substituents is 1. The van der Waals surface area contributed by atoms with Gasteiger partial charge in [0, 0.05) is 16.7 Å². The van der Waals surface area contributed by atoms with Crippen LogP contribution in [0.5, 0.6) is 5.75 Å². The van der Waals surface area contributed by atoms with E-state index in [1.54, 1.807) is 13.0 Å². The second kappa shape index (κ2) is 9.55. The molecule has 0 aliphatic heterocycles. The second-order valence-corrected chi connectivity index (χ2v) is 8.50. The van der Waals surface area contributed by atoms with E-state index in [0.29, 0.717) is 10.6 Å². The third kappa shape index (κ3) is 5.91. The molecule has 30 heavy (non-hydrogen) atoms. The Morgan fingerprint density at radius 1 is 1.33 bits per heavy atom. The number of sulfonamides is 1. The van der Waals surface area contributed by atoms with Crippen molar-refractivity contribution in [3.63, 3.8) is 0 Å². The van der Waals surface area contributed by atoms with E-state index in [0.717, 1.165) is 16.1 Å². The molecule has 1 N–H and O–H groups in total. The van der Waals surface area contributed by atoms with E-state index in [-0.39, 0.29) is 17.1 Å². The van der Waals surface area contributed by atoms with Crippen LogP contribution in [-0.4, -0.2) is 45.4 Å². The largest absolute Gasteiger partial charge is 0.490 e. The van der Waals surface area contributed by atoms with Crippen LogP contribution in [0.3, 0.4) is 0 Å². The lowest BCUT2D eigenvalue weighted by Gasteiger charge is -2.21. The molecule has 0 saturated carbocycles. The van der Waals surface area contributed by atoms with Gasteiger partial charge in [-0.05, 0) is 36.8 Å². The first kappa shape index (κ1) is 23.1. The number of hydrazone groups is 1. The lowest BCUT2D eigenvalue weighted by atomic mass is 10.2. The van der Waals surface area contributed by atoms with Gasteiger partial charge in [-0.1, -0.05) is 17.7 Å². The summed E-state index contributed by atoms with van der Waals surface area (Å²) < 4.78 is 30.0. The molecule has 0 fully saturated rings. The van der Waals surface area contributed by atoms with Gasteiger partial charge in [0.25, 0.3) is 5.91 Å². The van der Waals surface area contributed by atoms with Gasteiger partial charge in [0.1, 0.15) is 6.54 Å². The highest BCUT2D eigenvalue weighted by Gasteiger charge is 2.21. The van der Waals surface area contributed by atoms with E-state index < -0.39 is 27.4 Å². The third-order valence-corrected chi connectivity index (χ3v) is 5.48. The van der Waals surface area contributed by atoms with Crippen LogP contribution < -0.4 is 14.5 Å². The lowest BCUT2D eigenvalue weighted by molar-refractivity contribution is -0.385. The number of halogens is 1. The van der Waals surface area contributed by atoms with E-state index in [2.05, 4.69) is 10.5 Å². The number of nitrogens with zero attached hydrogens (tertiary/aromatic N) is 3. The molecule has 2 aromatic rings. The molecule has 0 radical (unpaired) electrons. The smallest absolute Gasteiger partial charge is 0.311 e. The van der Waals surface area contributed by atoms with Crippen LogP contribution in [0, 0.1) is 17.0 Å². The highest BCUT2D eigenvalue weighted by atomic mass is 35.5. The monoisotopic (exact) mass is 454 g/mol. The molecule has 0 aromatic heterocycles. The SMILES string of the molecule is COc1ccc(/C=N\NC(=O)CN(c2ccc(C)c(Cl)c2)S(C)(=O)=O)cc1[N+](=O)[O-]. The minimum atomic E-state index is -3.77. The van der Waals surface area contributed by atoms with Crippen LogP contribution >= 0.6 is 11.6 Å². The zero-order valence-corrected chi connectivity index (χ0v) is 17.9. The Bertz CT molecular complexity index is 1100. The molecule has 0 aliphatic carbocycles. The zero-order valence-electron chi connectivity index (χ0n) is 16.3. The number of ether oxygens (including phenoxy) is 1. The van der Waals surface area contributed by atoms with Crippen LogP contribution in [0.1, 0.15) is 11.1 Å². The van der Waals surface area contributed by atoms with Crippen molar-refractivity contribution in [3.05, 3.63) is 62.7 Å². The molecule has 0 aliphatic rings. The summed E-state index contributed by atoms with van der Waals surface area (Å²) in [7, 11) is -2.46. The first-order valence-electron chi connectivity index (χ1n) is 8.41. The van der Waals surface area contributed by atoms with Gasteiger partial charge in [0.05, 0.1) is 30.2 Å². The van der Waals surface area contributed by atoms with Gasteiger partial charge >= 0.3 is 5.69 Å².